The van der Waals surface area contributed by atoms with E-state index in [0.29, 0.717) is 17.1 Å². The quantitative estimate of drug-likeness (QED) is 0.497. The van der Waals surface area contributed by atoms with Crippen molar-refractivity contribution in [2.75, 3.05) is 13.3 Å². The highest BCUT2D eigenvalue weighted by molar-refractivity contribution is 5.98. The maximum atomic E-state index is 12.1. The number of ether oxygens (including phenoxy) is 2. The number of rotatable bonds is 5. The first-order chi connectivity index (χ1) is 13.8. The van der Waals surface area contributed by atoms with E-state index >= 15 is 0 Å². The minimum atomic E-state index is -0.686. The zero-order chi connectivity index (χ0) is 21.0. The van der Waals surface area contributed by atoms with Crippen LogP contribution in [0.1, 0.15) is 26.3 Å². The number of aryl methyl sites for hydroxylation is 1. The molecule has 11 nitrogen and oxygen atoms in total. The van der Waals surface area contributed by atoms with Crippen LogP contribution in [0.5, 0.6) is 11.5 Å². The van der Waals surface area contributed by atoms with Crippen LogP contribution < -0.4 is 25.6 Å². The third-order valence-electron chi connectivity index (χ3n) is 4.03. The van der Waals surface area contributed by atoms with Gasteiger partial charge in [-0.1, -0.05) is 6.07 Å². The number of carbonyl (C=O) groups excluding carboxylic acids is 3. The van der Waals surface area contributed by atoms with Crippen LogP contribution >= 0.6 is 0 Å². The van der Waals surface area contributed by atoms with Gasteiger partial charge in [-0.25, -0.2) is 0 Å². The van der Waals surface area contributed by atoms with E-state index < -0.39 is 29.2 Å². The Bertz CT molecular complexity index is 1010. The van der Waals surface area contributed by atoms with Gasteiger partial charge in [0.15, 0.2) is 11.5 Å². The fraction of sp³-hybridized carbons (Fsp3) is 0.167. The summed E-state index contributed by atoms with van der Waals surface area (Å²) in [4.78, 5) is 46.3. The average molecular weight is 400 g/mol. The molecule has 0 saturated carbocycles. The van der Waals surface area contributed by atoms with Crippen LogP contribution in [0, 0.1) is 17.0 Å². The highest BCUT2D eigenvalue weighted by Gasteiger charge is 2.17. The van der Waals surface area contributed by atoms with E-state index in [2.05, 4.69) is 16.2 Å². The van der Waals surface area contributed by atoms with Crippen molar-refractivity contribution >= 4 is 23.4 Å². The minimum absolute atomic E-state index is 0.0412. The van der Waals surface area contributed by atoms with Crippen molar-refractivity contribution in [1.29, 1.82) is 0 Å². The van der Waals surface area contributed by atoms with Crippen LogP contribution in [-0.4, -0.2) is 36.0 Å². The van der Waals surface area contributed by atoms with E-state index in [4.69, 9.17) is 9.47 Å². The summed E-state index contributed by atoms with van der Waals surface area (Å²) in [7, 11) is 0. The van der Waals surface area contributed by atoms with E-state index in [1.54, 1.807) is 13.0 Å². The lowest BCUT2D eigenvalue weighted by Gasteiger charge is -2.09. The lowest BCUT2D eigenvalue weighted by Crippen LogP contribution is -2.46. The van der Waals surface area contributed by atoms with Gasteiger partial charge < -0.3 is 14.8 Å². The van der Waals surface area contributed by atoms with E-state index in [0.717, 1.165) is 6.07 Å². The number of benzene rings is 2. The minimum Gasteiger partial charge on any atom is -0.454 e. The Morgan fingerprint density at radius 3 is 2.45 bits per heavy atom. The van der Waals surface area contributed by atoms with E-state index in [1.165, 1.54) is 24.3 Å². The second-order valence-corrected chi connectivity index (χ2v) is 6.01. The molecule has 0 aromatic heterocycles. The number of nitrogens with one attached hydrogen (secondary N) is 3. The number of amides is 3. The fourth-order valence-electron chi connectivity index (χ4n) is 2.49. The summed E-state index contributed by atoms with van der Waals surface area (Å²) in [6, 6.07) is 8.52. The third kappa shape index (κ3) is 4.58. The molecule has 11 heteroatoms. The number of nitro benzene ring substituents is 1. The largest absolute Gasteiger partial charge is 0.454 e. The first kappa shape index (κ1) is 19.6. The number of hydrogen-bond donors (Lipinski definition) is 3. The predicted molar refractivity (Wildman–Crippen MR) is 98.3 cm³/mol. The topological polar surface area (TPSA) is 149 Å². The average Bonchev–Trinajstić information content (AvgIpc) is 3.18. The van der Waals surface area contributed by atoms with Crippen molar-refractivity contribution in [3.05, 3.63) is 63.2 Å². The summed E-state index contributed by atoms with van der Waals surface area (Å²) in [6.07, 6.45) is 0. The van der Waals surface area contributed by atoms with Gasteiger partial charge in [0.25, 0.3) is 23.4 Å². The molecule has 0 bridgehead atoms. The second-order valence-electron chi connectivity index (χ2n) is 6.01. The number of nitro groups is 1. The molecular formula is C18H16N4O7. The van der Waals surface area contributed by atoms with E-state index in [-0.39, 0.29) is 23.6 Å². The molecule has 0 spiro atoms. The normalized spacial score (nSPS) is 11.5. The van der Waals surface area contributed by atoms with Crippen LogP contribution in [0.15, 0.2) is 36.4 Å². The molecule has 3 N–H and O–H groups in total. The maximum Gasteiger partial charge on any atom is 0.273 e. The van der Waals surface area contributed by atoms with Gasteiger partial charge in [0, 0.05) is 22.8 Å². The van der Waals surface area contributed by atoms with E-state index in [1.807, 2.05) is 0 Å². The number of fused-ring (bicyclic) bond motifs is 1. The van der Waals surface area contributed by atoms with Gasteiger partial charge >= 0.3 is 0 Å². The first-order valence-electron chi connectivity index (χ1n) is 8.37. The molecule has 2 aromatic carbocycles. The summed E-state index contributed by atoms with van der Waals surface area (Å²) in [6.45, 7) is 1.18. The van der Waals surface area contributed by atoms with Crippen molar-refractivity contribution in [2.24, 2.45) is 0 Å². The van der Waals surface area contributed by atoms with Crippen LogP contribution in [0.2, 0.25) is 0 Å². The molecular weight excluding hydrogens is 384 g/mol. The highest BCUT2D eigenvalue weighted by Crippen LogP contribution is 2.32. The molecule has 0 aliphatic carbocycles. The predicted octanol–water partition coefficient (Wildman–Crippen LogP) is 0.823. The molecule has 150 valence electrons. The zero-order valence-electron chi connectivity index (χ0n) is 15.2. The summed E-state index contributed by atoms with van der Waals surface area (Å²) < 4.78 is 10.3. The number of nitrogens with zero attached hydrogens (tertiary/aromatic N) is 1. The van der Waals surface area contributed by atoms with Crippen molar-refractivity contribution in [2.45, 2.75) is 6.92 Å². The van der Waals surface area contributed by atoms with Gasteiger partial charge in [-0.15, -0.1) is 0 Å². The number of hydrazine groups is 1. The molecule has 29 heavy (non-hydrogen) atoms. The fourth-order valence-corrected chi connectivity index (χ4v) is 2.49. The lowest BCUT2D eigenvalue weighted by molar-refractivity contribution is -0.385. The zero-order valence-corrected chi connectivity index (χ0v) is 15.2. The van der Waals surface area contributed by atoms with Gasteiger partial charge in [0.05, 0.1) is 11.5 Å². The van der Waals surface area contributed by atoms with Crippen molar-refractivity contribution < 1.29 is 28.8 Å². The molecule has 3 rings (SSSR count). The number of carbonyl (C=O) groups is 3. The smallest absolute Gasteiger partial charge is 0.273 e. The maximum absolute atomic E-state index is 12.1. The van der Waals surface area contributed by atoms with Crippen molar-refractivity contribution in [1.82, 2.24) is 16.2 Å². The Balaban J connectivity index is 1.50. The summed E-state index contributed by atoms with van der Waals surface area (Å²) in [5.41, 5.74) is 4.87. The Hall–Kier alpha value is -4.15. The summed E-state index contributed by atoms with van der Waals surface area (Å²) in [5.74, 6) is -0.996. The summed E-state index contributed by atoms with van der Waals surface area (Å²) in [5, 5.41) is 13.3. The molecule has 2 aromatic rings. The second kappa shape index (κ2) is 8.25. The van der Waals surface area contributed by atoms with Gasteiger partial charge in [0.1, 0.15) is 0 Å². The summed E-state index contributed by atoms with van der Waals surface area (Å²) >= 11 is 0. The molecule has 0 unspecified atom stereocenters. The molecule has 0 radical (unpaired) electrons. The first-order valence-corrected chi connectivity index (χ1v) is 8.37. The molecule has 0 saturated heterocycles. The molecule has 0 fully saturated rings. The van der Waals surface area contributed by atoms with Crippen LogP contribution in [0.25, 0.3) is 0 Å². The molecule has 1 aliphatic rings. The Labute approximate surface area is 164 Å². The van der Waals surface area contributed by atoms with Crippen LogP contribution in [-0.2, 0) is 4.79 Å². The van der Waals surface area contributed by atoms with Gasteiger partial charge in [-0.2, -0.15) is 0 Å². The van der Waals surface area contributed by atoms with E-state index in [9.17, 15) is 24.5 Å². The van der Waals surface area contributed by atoms with Gasteiger partial charge in [-0.3, -0.25) is 35.3 Å². The molecule has 0 atom stereocenters. The Morgan fingerprint density at radius 1 is 1.00 bits per heavy atom. The lowest BCUT2D eigenvalue weighted by atomic mass is 10.1. The standard InChI is InChI=1S/C18H16N4O7/c1-10-2-3-11(6-13(10)22(26)27)17(24)19-8-16(23)20-21-18(25)12-4-5-14-15(7-12)29-9-28-14/h2-7H,8-9H2,1H3,(H,19,24)(H,20,23)(H,21,25). The number of hydrogen-bond acceptors (Lipinski definition) is 7. The molecule has 1 aliphatic heterocycles. The Morgan fingerprint density at radius 2 is 1.69 bits per heavy atom. The van der Waals surface area contributed by atoms with Crippen LogP contribution in [0.4, 0.5) is 5.69 Å². The SMILES string of the molecule is Cc1ccc(C(=O)NCC(=O)NNC(=O)c2ccc3c(c2)OCO3)cc1[N+](=O)[O-]. The highest BCUT2D eigenvalue weighted by atomic mass is 16.7. The van der Waals surface area contributed by atoms with Gasteiger partial charge in [-0.05, 0) is 31.2 Å². The molecule has 1 heterocycles. The monoisotopic (exact) mass is 400 g/mol. The van der Waals surface area contributed by atoms with Crippen molar-refractivity contribution in [3.8, 4) is 11.5 Å². The van der Waals surface area contributed by atoms with Gasteiger partial charge in [0.2, 0.25) is 6.79 Å². The third-order valence-corrected chi connectivity index (χ3v) is 4.03. The molecule has 3 amide bonds. The van der Waals surface area contributed by atoms with Crippen LogP contribution in [0.3, 0.4) is 0 Å². The Kier molecular flexibility index (Phi) is 5.58. The van der Waals surface area contributed by atoms with Crippen molar-refractivity contribution in [3.63, 3.8) is 0 Å².